The smallest absolute Gasteiger partial charge is 0.262 e. The fourth-order valence-corrected chi connectivity index (χ4v) is 5.68. The molecule has 2 aromatic carbocycles. The van der Waals surface area contributed by atoms with E-state index in [1.807, 2.05) is 0 Å². The van der Waals surface area contributed by atoms with E-state index in [0.29, 0.717) is 16.4 Å². The largest absolute Gasteiger partial charge is 0.369 e. The molecular weight excluding hydrogens is 434 g/mol. The molecule has 3 rings (SSSR count). The SMILES string of the molecule is CN(C)S(=O)(=O)c1cccc(S(=O)(=O)Nc2cccc(Cl)c2N2CCCCC2)c1. The fourth-order valence-electron chi connectivity index (χ4n) is 3.25. The normalized spacial score (nSPS) is 15.5. The Morgan fingerprint density at radius 1 is 0.931 bits per heavy atom. The Bertz CT molecular complexity index is 1100. The van der Waals surface area contributed by atoms with Gasteiger partial charge in [0.25, 0.3) is 10.0 Å². The molecule has 0 bridgehead atoms. The number of hydrogen-bond donors (Lipinski definition) is 1. The average molecular weight is 458 g/mol. The van der Waals surface area contributed by atoms with E-state index in [1.165, 1.54) is 32.3 Å². The Kier molecular flexibility index (Phi) is 6.42. The molecule has 0 atom stereocenters. The Labute approximate surface area is 177 Å². The van der Waals surface area contributed by atoms with Gasteiger partial charge in [0, 0.05) is 27.2 Å². The molecule has 0 spiro atoms. The Morgan fingerprint density at radius 3 is 2.21 bits per heavy atom. The number of anilines is 2. The summed E-state index contributed by atoms with van der Waals surface area (Å²) in [4.78, 5) is 1.86. The molecule has 0 amide bonds. The first kappa shape index (κ1) is 21.9. The maximum atomic E-state index is 13.0. The number of halogens is 1. The highest BCUT2D eigenvalue weighted by Crippen LogP contribution is 2.36. The topological polar surface area (TPSA) is 86.8 Å². The van der Waals surface area contributed by atoms with Gasteiger partial charge in [-0.15, -0.1) is 0 Å². The van der Waals surface area contributed by atoms with Crippen molar-refractivity contribution in [3.63, 3.8) is 0 Å². The zero-order valence-corrected chi connectivity index (χ0v) is 18.7. The quantitative estimate of drug-likeness (QED) is 0.718. The predicted octanol–water partition coefficient (Wildman–Crippen LogP) is 3.38. The summed E-state index contributed by atoms with van der Waals surface area (Å²) in [6.45, 7) is 1.60. The minimum atomic E-state index is -4.02. The van der Waals surface area contributed by atoms with Crippen molar-refractivity contribution in [2.75, 3.05) is 36.8 Å². The molecule has 1 N–H and O–H groups in total. The molecule has 1 heterocycles. The lowest BCUT2D eigenvalue weighted by atomic mass is 10.1. The van der Waals surface area contributed by atoms with Crippen LogP contribution in [-0.4, -0.2) is 48.3 Å². The van der Waals surface area contributed by atoms with Gasteiger partial charge in [0.1, 0.15) is 0 Å². The second-order valence-electron chi connectivity index (χ2n) is 7.05. The van der Waals surface area contributed by atoms with Crippen molar-refractivity contribution in [2.45, 2.75) is 29.1 Å². The first-order valence-electron chi connectivity index (χ1n) is 9.22. The number of rotatable bonds is 6. The second-order valence-corrected chi connectivity index (χ2v) is 11.3. The van der Waals surface area contributed by atoms with Gasteiger partial charge in [0.2, 0.25) is 10.0 Å². The van der Waals surface area contributed by atoms with Gasteiger partial charge >= 0.3 is 0 Å². The average Bonchev–Trinajstić information content (AvgIpc) is 2.68. The van der Waals surface area contributed by atoms with E-state index < -0.39 is 20.0 Å². The number of sulfonamides is 2. The zero-order chi connectivity index (χ0) is 21.2. The van der Waals surface area contributed by atoms with Gasteiger partial charge in [0.15, 0.2) is 0 Å². The molecule has 1 fully saturated rings. The van der Waals surface area contributed by atoms with Crippen molar-refractivity contribution in [3.8, 4) is 0 Å². The van der Waals surface area contributed by atoms with Crippen LogP contribution in [0.1, 0.15) is 19.3 Å². The van der Waals surface area contributed by atoms with E-state index in [-0.39, 0.29) is 9.79 Å². The number of nitrogens with zero attached hydrogens (tertiary/aromatic N) is 2. The Morgan fingerprint density at radius 2 is 1.55 bits per heavy atom. The van der Waals surface area contributed by atoms with Crippen LogP contribution in [0.25, 0.3) is 0 Å². The first-order chi connectivity index (χ1) is 13.6. The zero-order valence-electron chi connectivity index (χ0n) is 16.3. The van der Waals surface area contributed by atoms with E-state index >= 15 is 0 Å². The van der Waals surface area contributed by atoms with Crippen LogP contribution in [-0.2, 0) is 20.0 Å². The minimum absolute atomic E-state index is 0.0901. The van der Waals surface area contributed by atoms with Crippen molar-refractivity contribution >= 4 is 43.0 Å². The molecule has 10 heteroatoms. The summed E-state index contributed by atoms with van der Waals surface area (Å²) in [5.74, 6) is 0. The molecule has 0 unspecified atom stereocenters. The molecule has 1 saturated heterocycles. The van der Waals surface area contributed by atoms with Crippen LogP contribution in [0.5, 0.6) is 0 Å². The highest BCUT2D eigenvalue weighted by Gasteiger charge is 2.24. The summed E-state index contributed by atoms with van der Waals surface area (Å²) in [5.41, 5.74) is 1.02. The summed E-state index contributed by atoms with van der Waals surface area (Å²) in [6.07, 6.45) is 3.17. The maximum Gasteiger partial charge on any atom is 0.262 e. The minimum Gasteiger partial charge on any atom is -0.369 e. The predicted molar refractivity (Wildman–Crippen MR) is 116 cm³/mol. The number of piperidine rings is 1. The lowest BCUT2D eigenvalue weighted by Gasteiger charge is -2.31. The molecule has 7 nitrogen and oxygen atoms in total. The van der Waals surface area contributed by atoms with Crippen LogP contribution in [0.2, 0.25) is 5.02 Å². The summed E-state index contributed by atoms with van der Waals surface area (Å²) < 4.78 is 54.4. The monoisotopic (exact) mass is 457 g/mol. The molecule has 1 aliphatic rings. The number of hydrogen-bond acceptors (Lipinski definition) is 5. The van der Waals surface area contributed by atoms with Gasteiger partial charge in [-0.2, -0.15) is 0 Å². The summed E-state index contributed by atoms with van der Waals surface area (Å²) in [6, 6.07) is 10.4. The molecule has 158 valence electrons. The van der Waals surface area contributed by atoms with Crippen LogP contribution in [0.15, 0.2) is 52.3 Å². The lowest BCUT2D eigenvalue weighted by Crippen LogP contribution is -2.30. The van der Waals surface area contributed by atoms with Crippen molar-refractivity contribution < 1.29 is 16.8 Å². The summed E-state index contributed by atoms with van der Waals surface area (Å²) >= 11 is 6.40. The highest BCUT2D eigenvalue weighted by molar-refractivity contribution is 7.93. The van der Waals surface area contributed by atoms with Crippen LogP contribution in [0.3, 0.4) is 0 Å². The highest BCUT2D eigenvalue weighted by atomic mass is 35.5. The summed E-state index contributed by atoms with van der Waals surface area (Å²) in [5, 5.41) is 0.469. The van der Waals surface area contributed by atoms with E-state index in [9.17, 15) is 16.8 Å². The lowest BCUT2D eigenvalue weighted by molar-refractivity contribution is 0.520. The van der Waals surface area contributed by atoms with Gasteiger partial charge in [-0.1, -0.05) is 23.7 Å². The molecular formula is C19H24ClN3O4S2. The van der Waals surface area contributed by atoms with Crippen molar-refractivity contribution in [3.05, 3.63) is 47.5 Å². The van der Waals surface area contributed by atoms with E-state index in [2.05, 4.69) is 9.62 Å². The van der Waals surface area contributed by atoms with Crippen LogP contribution in [0.4, 0.5) is 11.4 Å². The number of nitrogens with one attached hydrogen (secondary N) is 1. The van der Waals surface area contributed by atoms with Crippen molar-refractivity contribution in [1.82, 2.24) is 4.31 Å². The molecule has 0 aliphatic carbocycles. The van der Waals surface area contributed by atoms with Gasteiger partial charge in [0.05, 0.1) is 26.2 Å². The maximum absolute atomic E-state index is 13.0. The van der Waals surface area contributed by atoms with E-state index in [4.69, 9.17) is 11.6 Å². The van der Waals surface area contributed by atoms with Gasteiger partial charge in [-0.25, -0.2) is 21.1 Å². The number of benzene rings is 2. The van der Waals surface area contributed by atoms with Crippen LogP contribution in [0, 0.1) is 0 Å². The molecule has 0 aromatic heterocycles. The number of para-hydroxylation sites is 1. The molecule has 0 radical (unpaired) electrons. The molecule has 2 aromatic rings. The van der Waals surface area contributed by atoms with Gasteiger partial charge < -0.3 is 4.90 Å². The van der Waals surface area contributed by atoms with E-state index in [0.717, 1.165) is 42.7 Å². The molecule has 0 saturated carbocycles. The van der Waals surface area contributed by atoms with Gasteiger partial charge in [-0.05, 0) is 49.6 Å². The fraction of sp³-hybridized carbons (Fsp3) is 0.368. The third-order valence-electron chi connectivity index (χ3n) is 4.80. The van der Waals surface area contributed by atoms with E-state index in [1.54, 1.807) is 18.2 Å². The van der Waals surface area contributed by atoms with Crippen molar-refractivity contribution in [1.29, 1.82) is 0 Å². The van der Waals surface area contributed by atoms with Gasteiger partial charge in [-0.3, -0.25) is 4.72 Å². The van der Waals surface area contributed by atoms with Crippen LogP contribution < -0.4 is 9.62 Å². The second kappa shape index (κ2) is 8.51. The van der Waals surface area contributed by atoms with Crippen LogP contribution >= 0.6 is 11.6 Å². The molecule has 1 aliphatic heterocycles. The third kappa shape index (κ3) is 4.69. The molecule has 29 heavy (non-hydrogen) atoms. The standard InChI is InChI=1S/C19H24ClN3O4S2/c1-22(2)29(26,27)16-9-6-8-15(14-16)28(24,25)21-18-11-7-10-17(20)19(18)23-12-4-3-5-13-23/h6-11,14,21H,3-5,12-13H2,1-2H3. The first-order valence-corrected chi connectivity index (χ1v) is 12.5. The summed E-state index contributed by atoms with van der Waals surface area (Å²) in [7, 11) is -4.98. The Hall–Kier alpha value is -1.81. The Balaban J connectivity index is 1.98. The van der Waals surface area contributed by atoms with Crippen molar-refractivity contribution in [2.24, 2.45) is 0 Å². The third-order valence-corrected chi connectivity index (χ3v) is 8.28.